The largest absolute Gasteiger partial charge is 0.350 e. The van der Waals surface area contributed by atoms with Gasteiger partial charge in [-0.2, -0.15) is 10.1 Å². The molecule has 142 valence electrons. The fourth-order valence-corrected chi connectivity index (χ4v) is 3.16. The highest BCUT2D eigenvalue weighted by Crippen LogP contribution is 2.23. The molecule has 7 heteroatoms. The third-order valence-corrected chi connectivity index (χ3v) is 4.91. The van der Waals surface area contributed by atoms with Crippen LogP contribution in [0.15, 0.2) is 47.3 Å². The third kappa shape index (κ3) is 3.05. The van der Waals surface area contributed by atoms with E-state index in [1.165, 1.54) is 0 Å². The number of hydrogen-bond donors (Lipinski definition) is 2. The van der Waals surface area contributed by atoms with Gasteiger partial charge in [-0.05, 0) is 44.5 Å². The zero-order valence-electron chi connectivity index (χ0n) is 16.0. The number of fused-ring (bicyclic) bond motifs is 3. The molecular weight excluding hydrogens is 354 g/mol. The quantitative estimate of drug-likeness (QED) is 0.573. The summed E-state index contributed by atoms with van der Waals surface area (Å²) in [5.41, 5.74) is 3.69. The van der Waals surface area contributed by atoms with Gasteiger partial charge >= 0.3 is 0 Å². The average molecular weight is 375 g/mol. The van der Waals surface area contributed by atoms with Crippen LogP contribution in [0.25, 0.3) is 27.8 Å². The monoisotopic (exact) mass is 375 g/mol. The fraction of sp³-hybridized carbons (Fsp3) is 0.238. The van der Waals surface area contributed by atoms with Gasteiger partial charge in [0.25, 0.3) is 11.5 Å². The van der Waals surface area contributed by atoms with Crippen LogP contribution in [0, 0.1) is 6.92 Å². The number of aryl methyl sites for hydroxylation is 1. The van der Waals surface area contributed by atoms with Crippen LogP contribution in [0.3, 0.4) is 0 Å². The molecule has 4 rings (SSSR count). The highest BCUT2D eigenvalue weighted by Gasteiger charge is 2.16. The number of benzene rings is 2. The van der Waals surface area contributed by atoms with Crippen LogP contribution in [-0.2, 0) is 0 Å². The van der Waals surface area contributed by atoms with Gasteiger partial charge in [0.15, 0.2) is 5.65 Å². The highest BCUT2D eigenvalue weighted by atomic mass is 16.1. The second kappa shape index (κ2) is 6.92. The zero-order valence-corrected chi connectivity index (χ0v) is 16.0. The topological polar surface area (TPSA) is 92.2 Å². The van der Waals surface area contributed by atoms with E-state index in [1.54, 1.807) is 22.7 Å². The first-order valence-corrected chi connectivity index (χ1v) is 9.26. The molecule has 0 aliphatic rings. The molecular formula is C21H21N5O2. The van der Waals surface area contributed by atoms with Crippen molar-refractivity contribution in [3.05, 3.63) is 63.9 Å². The van der Waals surface area contributed by atoms with Gasteiger partial charge in [-0.3, -0.25) is 9.59 Å². The summed E-state index contributed by atoms with van der Waals surface area (Å²) in [5, 5.41) is 10.7. The smallest absolute Gasteiger partial charge is 0.281 e. The van der Waals surface area contributed by atoms with Crippen molar-refractivity contribution < 1.29 is 4.79 Å². The van der Waals surface area contributed by atoms with Gasteiger partial charge in [0, 0.05) is 17.2 Å². The lowest BCUT2D eigenvalue weighted by Gasteiger charge is -2.11. The number of carbonyl (C=O) groups is 1. The number of carbonyl (C=O) groups excluding carboxylic acids is 1. The molecule has 0 aliphatic carbocycles. The number of nitrogens with zero attached hydrogens (tertiary/aromatic N) is 3. The maximum atomic E-state index is 12.6. The number of aromatic nitrogens is 4. The summed E-state index contributed by atoms with van der Waals surface area (Å²) in [4.78, 5) is 29.3. The van der Waals surface area contributed by atoms with E-state index in [-0.39, 0.29) is 17.5 Å². The van der Waals surface area contributed by atoms with Crippen molar-refractivity contribution in [2.45, 2.75) is 33.2 Å². The van der Waals surface area contributed by atoms with Crippen LogP contribution in [0.4, 0.5) is 0 Å². The Morgan fingerprint density at radius 2 is 2.07 bits per heavy atom. The Bertz CT molecular complexity index is 1250. The number of aromatic amines is 1. The lowest BCUT2D eigenvalue weighted by Crippen LogP contribution is -2.31. The number of rotatable bonds is 4. The number of hydrogen-bond acceptors (Lipinski definition) is 4. The fourth-order valence-electron chi connectivity index (χ4n) is 3.16. The Hall–Kier alpha value is -3.48. The molecule has 0 bridgehead atoms. The molecule has 1 amide bonds. The maximum absolute atomic E-state index is 12.6. The van der Waals surface area contributed by atoms with Gasteiger partial charge in [-0.15, -0.1) is 0 Å². The van der Waals surface area contributed by atoms with Crippen molar-refractivity contribution in [3.63, 3.8) is 0 Å². The third-order valence-electron chi connectivity index (χ3n) is 4.91. The molecule has 0 radical (unpaired) electrons. The summed E-state index contributed by atoms with van der Waals surface area (Å²) in [6, 6.07) is 12.9. The molecule has 7 nitrogen and oxygen atoms in total. The van der Waals surface area contributed by atoms with Crippen LogP contribution in [0.5, 0.6) is 0 Å². The van der Waals surface area contributed by atoms with E-state index in [2.05, 4.69) is 20.6 Å². The predicted molar refractivity (Wildman–Crippen MR) is 109 cm³/mol. The molecule has 1 atom stereocenters. The first kappa shape index (κ1) is 17.9. The first-order valence-electron chi connectivity index (χ1n) is 9.26. The van der Waals surface area contributed by atoms with Crippen molar-refractivity contribution in [2.75, 3.05) is 0 Å². The lowest BCUT2D eigenvalue weighted by molar-refractivity contribution is 0.0939. The molecule has 2 aromatic heterocycles. The lowest BCUT2D eigenvalue weighted by atomic mass is 10.1. The van der Waals surface area contributed by atoms with Crippen LogP contribution >= 0.6 is 0 Å². The number of amides is 1. The van der Waals surface area contributed by atoms with E-state index in [0.29, 0.717) is 27.8 Å². The van der Waals surface area contributed by atoms with Gasteiger partial charge in [0.1, 0.15) is 5.69 Å². The van der Waals surface area contributed by atoms with E-state index >= 15 is 0 Å². The van der Waals surface area contributed by atoms with Gasteiger partial charge in [-0.25, -0.2) is 9.73 Å². The summed E-state index contributed by atoms with van der Waals surface area (Å²) in [5.74, 6) is -0.173. The van der Waals surface area contributed by atoms with Crippen molar-refractivity contribution in [3.8, 4) is 11.3 Å². The number of H-pyrrole nitrogens is 1. The molecule has 0 unspecified atom stereocenters. The minimum absolute atomic E-state index is 0.0726. The summed E-state index contributed by atoms with van der Waals surface area (Å²) in [7, 11) is 0. The maximum Gasteiger partial charge on any atom is 0.281 e. The Labute approximate surface area is 161 Å². The standard InChI is InChI=1S/C21H21N5O2/c1-4-13(3)22-20(27)15-8-9-16-17(11-15)26-19(23-21(16)28)18(24-25-26)14-7-5-6-12(2)10-14/h5-11,13,25H,4H2,1-3H3,(H,22,27)/t13-/m1/s1. The molecule has 0 saturated heterocycles. The summed E-state index contributed by atoms with van der Waals surface area (Å²) in [6.45, 7) is 5.96. The first-order chi connectivity index (χ1) is 13.5. The van der Waals surface area contributed by atoms with Crippen LogP contribution in [-0.4, -0.2) is 31.8 Å². The van der Waals surface area contributed by atoms with Crippen LogP contribution in [0.2, 0.25) is 0 Å². The molecule has 2 aromatic carbocycles. The van der Waals surface area contributed by atoms with E-state index in [0.717, 1.165) is 17.5 Å². The van der Waals surface area contributed by atoms with Gasteiger partial charge in [0.05, 0.1) is 10.9 Å². The molecule has 4 aromatic rings. The van der Waals surface area contributed by atoms with Gasteiger partial charge < -0.3 is 5.32 Å². The molecule has 0 spiro atoms. The zero-order chi connectivity index (χ0) is 19.8. The Balaban J connectivity index is 1.90. The molecule has 0 aliphatic heterocycles. The minimum Gasteiger partial charge on any atom is -0.350 e. The van der Waals surface area contributed by atoms with Crippen molar-refractivity contribution in [1.82, 2.24) is 25.1 Å². The Kier molecular flexibility index (Phi) is 4.43. The van der Waals surface area contributed by atoms with E-state index < -0.39 is 0 Å². The van der Waals surface area contributed by atoms with Crippen LogP contribution in [0.1, 0.15) is 36.2 Å². The van der Waals surface area contributed by atoms with Crippen molar-refractivity contribution >= 4 is 22.5 Å². The Morgan fingerprint density at radius 1 is 1.25 bits per heavy atom. The normalized spacial score (nSPS) is 12.4. The molecule has 0 fully saturated rings. The SMILES string of the molecule is CC[C@@H](C)NC(=O)c1ccc2c(=O)nc3c(-c4cccc(C)c4)n[nH]n3c2c1. The number of nitrogens with one attached hydrogen (secondary N) is 2. The van der Waals surface area contributed by atoms with E-state index in [4.69, 9.17) is 0 Å². The molecule has 2 heterocycles. The molecule has 2 N–H and O–H groups in total. The molecule has 28 heavy (non-hydrogen) atoms. The second-order valence-corrected chi connectivity index (χ2v) is 7.02. The summed E-state index contributed by atoms with van der Waals surface area (Å²) < 4.78 is 1.65. The van der Waals surface area contributed by atoms with Crippen molar-refractivity contribution in [2.24, 2.45) is 0 Å². The minimum atomic E-state index is -0.348. The summed E-state index contributed by atoms with van der Waals surface area (Å²) >= 11 is 0. The Morgan fingerprint density at radius 3 is 2.82 bits per heavy atom. The van der Waals surface area contributed by atoms with E-state index in [9.17, 15) is 9.59 Å². The summed E-state index contributed by atoms with van der Waals surface area (Å²) in [6.07, 6.45) is 0.841. The van der Waals surface area contributed by atoms with E-state index in [1.807, 2.05) is 45.0 Å². The van der Waals surface area contributed by atoms with Crippen LogP contribution < -0.4 is 10.9 Å². The van der Waals surface area contributed by atoms with Gasteiger partial charge in [0.2, 0.25) is 0 Å². The predicted octanol–water partition coefficient (Wildman–Crippen LogP) is 3.07. The van der Waals surface area contributed by atoms with Crippen molar-refractivity contribution in [1.29, 1.82) is 0 Å². The average Bonchev–Trinajstić information content (AvgIpc) is 3.11. The second-order valence-electron chi connectivity index (χ2n) is 7.02. The van der Waals surface area contributed by atoms with Gasteiger partial charge in [-0.1, -0.05) is 30.7 Å². The molecule has 0 saturated carbocycles. The highest BCUT2D eigenvalue weighted by molar-refractivity contribution is 5.98.